The Morgan fingerprint density at radius 3 is 2.55 bits per heavy atom. The number of rotatable bonds is 4. The summed E-state index contributed by atoms with van der Waals surface area (Å²) in [4.78, 5) is 10.8. The lowest BCUT2D eigenvalue weighted by atomic mass is 10.3. The standard InChI is InChI=1S/C6H14N4O/c1-5(9-7-2)4-6(11)10-8-3/h7-8H,4H2,1-3H3,(H,10,11). The fraction of sp³-hybridized carbons (Fsp3) is 0.667. The molecule has 0 spiro atoms. The summed E-state index contributed by atoms with van der Waals surface area (Å²) in [5.74, 6) is -0.0935. The maximum absolute atomic E-state index is 10.8. The van der Waals surface area contributed by atoms with E-state index in [9.17, 15) is 4.79 Å². The summed E-state index contributed by atoms with van der Waals surface area (Å²) in [5.41, 5.74) is 8.33. The molecule has 0 saturated carbocycles. The highest BCUT2D eigenvalue weighted by Gasteiger charge is 2.00. The number of carbonyl (C=O) groups is 1. The Balaban J connectivity index is 3.66. The van der Waals surface area contributed by atoms with Crippen molar-refractivity contribution < 1.29 is 4.79 Å². The van der Waals surface area contributed by atoms with Gasteiger partial charge in [0.05, 0.1) is 6.42 Å². The van der Waals surface area contributed by atoms with E-state index in [1.165, 1.54) is 0 Å². The molecule has 0 aliphatic rings. The van der Waals surface area contributed by atoms with E-state index in [1.54, 1.807) is 21.0 Å². The molecule has 0 aliphatic carbocycles. The van der Waals surface area contributed by atoms with Crippen LogP contribution in [0.25, 0.3) is 0 Å². The minimum Gasteiger partial charge on any atom is -0.313 e. The van der Waals surface area contributed by atoms with Gasteiger partial charge in [0, 0.05) is 19.8 Å². The van der Waals surface area contributed by atoms with E-state index in [2.05, 4.69) is 21.4 Å². The van der Waals surface area contributed by atoms with E-state index < -0.39 is 0 Å². The van der Waals surface area contributed by atoms with E-state index in [1.807, 2.05) is 0 Å². The number of nitrogens with one attached hydrogen (secondary N) is 3. The molecule has 0 atom stereocenters. The second kappa shape index (κ2) is 5.67. The summed E-state index contributed by atoms with van der Waals surface area (Å²) in [7, 11) is 3.34. The summed E-state index contributed by atoms with van der Waals surface area (Å²) in [5, 5.41) is 3.82. The molecule has 0 fully saturated rings. The average molecular weight is 158 g/mol. The van der Waals surface area contributed by atoms with Gasteiger partial charge in [-0.3, -0.25) is 10.2 Å². The minimum atomic E-state index is -0.0935. The zero-order valence-electron chi connectivity index (χ0n) is 7.06. The zero-order chi connectivity index (χ0) is 8.69. The van der Waals surface area contributed by atoms with Crippen LogP contribution in [0.15, 0.2) is 5.10 Å². The molecule has 0 unspecified atom stereocenters. The van der Waals surface area contributed by atoms with E-state index >= 15 is 0 Å². The molecule has 64 valence electrons. The van der Waals surface area contributed by atoms with Crippen LogP contribution in [-0.2, 0) is 4.79 Å². The van der Waals surface area contributed by atoms with Crippen LogP contribution in [0.4, 0.5) is 0 Å². The number of hydrogen-bond donors (Lipinski definition) is 3. The summed E-state index contributed by atoms with van der Waals surface area (Å²) in [6.07, 6.45) is 0.307. The van der Waals surface area contributed by atoms with Gasteiger partial charge in [-0.1, -0.05) is 0 Å². The van der Waals surface area contributed by atoms with E-state index in [-0.39, 0.29) is 5.91 Å². The molecule has 11 heavy (non-hydrogen) atoms. The van der Waals surface area contributed by atoms with Crippen LogP contribution in [0, 0.1) is 0 Å². The molecule has 0 aromatic rings. The number of hydrogen-bond acceptors (Lipinski definition) is 4. The highest BCUT2D eigenvalue weighted by molar-refractivity contribution is 5.99. The van der Waals surface area contributed by atoms with Gasteiger partial charge in [-0.05, 0) is 6.92 Å². The number of amides is 1. The predicted molar refractivity (Wildman–Crippen MR) is 44.0 cm³/mol. The van der Waals surface area contributed by atoms with Crippen LogP contribution in [0.5, 0.6) is 0 Å². The molecule has 5 nitrogen and oxygen atoms in total. The maximum atomic E-state index is 10.8. The molecule has 0 rings (SSSR count). The van der Waals surface area contributed by atoms with Gasteiger partial charge >= 0.3 is 0 Å². The first-order valence-corrected chi connectivity index (χ1v) is 3.36. The second-order valence-electron chi connectivity index (χ2n) is 2.05. The van der Waals surface area contributed by atoms with Crippen LogP contribution < -0.4 is 16.3 Å². The molecule has 5 heteroatoms. The molecule has 0 bridgehead atoms. The van der Waals surface area contributed by atoms with Gasteiger partial charge in [-0.25, -0.2) is 5.43 Å². The maximum Gasteiger partial charge on any atom is 0.239 e. The molecule has 0 aromatic heterocycles. The fourth-order valence-electron chi connectivity index (χ4n) is 0.646. The quantitative estimate of drug-likeness (QED) is 0.371. The van der Waals surface area contributed by atoms with Crippen molar-refractivity contribution in [3.63, 3.8) is 0 Å². The molecule has 0 heterocycles. The third kappa shape index (κ3) is 5.35. The Bertz CT molecular complexity index is 155. The Labute approximate surface area is 66.2 Å². The van der Waals surface area contributed by atoms with Gasteiger partial charge in [0.1, 0.15) is 0 Å². The summed E-state index contributed by atoms with van der Waals surface area (Å²) in [6, 6.07) is 0. The van der Waals surface area contributed by atoms with Crippen molar-refractivity contribution >= 4 is 11.6 Å². The molecule has 0 aliphatic heterocycles. The van der Waals surface area contributed by atoms with Gasteiger partial charge in [0.2, 0.25) is 5.91 Å². The third-order valence-corrected chi connectivity index (χ3v) is 0.983. The Hall–Kier alpha value is -1.10. The van der Waals surface area contributed by atoms with Crippen molar-refractivity contribution in [2.75, 3.05) is 14.1 Å². The zero-order valence-corrected chi connectivity index (χ0v) is 7.06. The minimum absolute atomic E-state index is 0.0935. The third-order valence-electron chi connectivity index (χ3n) is 0.983. The first-order chi connectivity index (χ1) is 5.20. The van der Waals surface area contributed by atoms with Crippen LogP contribution in [-0.4, -0.2) is 25.7 Å². The molecule has 3 N–H and O–H groups in total. The van der Waals surface area contributed by atoms with Crippen LogP contribution in [0.2, 0.25) is 0 Å². The number of nitrogens with zero attached hydrogens (tertiary/aromatic N) is 1. The van der Waals surface area contributed by atoms with Gasteiger partial charge < -0.3 is 5.43 Å². The highest BCUT2D eigenvalue weighted by atomic mass is 16.2. The fourth-order valence-corrected chi connectivity index (χ4v) is 0.646. The van der Waals surface area contributed by atoms with E-state index in [0.29, 0.717) is 6.42 Å². The van der Waals surface area contributed by atoms with Crippen molar-refractivity contribution in [3.8, 4) is 0 Å². The van der Waals surface area contributed by atoms with Gasteiger partial charge in [0.15, 0.2) is 0 Å². The molecular weight excluding hydrogens is 144 g/mol. The number of hydrazone groups is 1. The highest BCUT2D eigenvalue weighted by Crippen LogP contribution is 1.83. The molecule has 1 amide bonds. The second-order valence-corrected chi connectivity index (χ2v) is 2.05. The summed E-state index contributed by atoms with van der Waals surface area (Å²) in [6.45, 7) is 1.78. The number of hydrazine groups is 1. The lowest BCUT2D eigenvalue weighted by molar-refractivity contribution is -0.120. The van der Waals surface area contributed by atoms with Crippen molar-refractivity contribution in [1.82, 2.24) is 16.3 Å². The summed E-state index contributed by atoms with van der Waals surface area (Å²) >= 11 is 0. The van der Waals surface area contributed by atoms with Gasteiger partial charge in [0.25, 0.3) is 0 Å². The first kappa shape index (κ1) is 9.90. The van der Waals surface area contributed by atoms with Crippen LogP contribution in [0.3, 0.4) is 0 Å². The predicted octanol–water partition coefficient (Wildman–Crippen LogP) is -0.778. The smallest absolute Gasteiger partial charge is 0.239 e. The average Bonchev–Trinajstić information content (AvgIpc) is 1.87. The SMILES string of the molecule is CNN=C(C)CC(=O)NNC. The van der Waals surface area contributed by atoms with Gasteiger partial charge in [-0.15, -0.1) is 0 Å². The first-order valence-electron chi connectivity index (χ1n) is 3.36. The Morgan fingerprint density at radius 2 is 2.09 bits per heavy atom. The Morgan fingerprint density at radius 1 is 1.45 bits per heavy atom. The van der Waals surface area contributed by atoms with Crippen molar-refractivity contribution in [3.05, 3.63) is 0 Å². The van der Waals surface area contributed by atoms with Crippen LogP contribution in [0.1, 0.15) is 13.3 Å². The monoisotopic (exact) mass is 158 g/mol. The summed E-state index contributed by atoms with van der Waals surface area (Å²) < 4.78 is 0. The van der Waals surface area contributed by atoms with Gasteiger partial charge in [-0.2, -0.15) is 5.10 Å². The van der Waals surface area contributed by atoms with E-state index in [0.717, 1.165) is 5.71 Å². The number of carbonyl (C=O) groups excluding carboxylic acids is 1. The molecule has 0 radical (unpaired) electrons. The topological polar surface area (TPSA) is 65.5 Å². The van der Waals surface area contributed by atoms with Crippen molar-refractivity contribution in [2.45, 2.75) is 13.3 Å². The van der Waals surface area contributed by atoms with E-state index in [4.69, 9.17) is 0 Å². The normalized spacial score (nSPS) is 11.0. The lowest BCUT2D eigenvalue weighted by Crippen LogP contribution is -2.35. The van der Waals surface area contributed by atoms with Crippen molar-refractivity contribution in [2.24, 2.45) is 5.10 Å². The molecular formula is C6H14N4O. The lowest BCUT2D eigenvalue weighted by Gasteiger charge is -2.01. The molecule has 0 saturated heterocycles. The Kier molecular flexibility index (Phi) is 5.10. The molecule has 0 aromatic carbocycles. The largest absolute Gasteiger partial charge is 0.313 e. The van der Waals surface area contributed by atoms with Crippen molar-refractivity contribution in [1.29, 1.82) is 0 Å². The van der Waals surface area contributed by atoms with Crippen LogP contribution >= 0.6 is 0 Å².